The van der Waals surface area contributed by atoms with Crippen LogP contribution in [0.5, 0.6) is 0 Å². The van der Waals surface area contributed by atoms with E-state index in [0.29, 0.717) is 12.4 Å². The summed E-state index contributed by atoms with van der Waals surface area (Å²) in [5.41, 5.74) is 1.42. The zero-order valence-electron chi connectivity index (χ0n) is 11.8. The van der Waals surface area contributed by atoms with Crippen LogP contribution in [-0.2, 0) is 0 Å². The molecule has 0 amide bonds. The van der Waals surface area contributed by atoms with Gasteiger partial charge < -0.3 is 15.8 Å². The molecule has 8 nitrogen and oxygen atoms in total. The highest BCUT2D eigenvalue weighted by molar-refractivity contribution is 5.54. The molecule has 0 aromatic carbocycles. The van der Waals surface area contributed by atoms with Crippen LogP contribution in [0.2, 0.25) is 0 Å². The van der Waals surface area contributed by atoms with Crippen molar-refractivity contribution < 1.29 is 10.0 Å². The van der Waals surface area contributed by atoms with Crippen molar-refractivity contribution in [2.75, 3.05) is 17.3 Å². The van der Waals surface area contributed by atoms with Crippen molar-refractivity contribution in [2.24, 2.45) is 5.84 Å². The molecule has 1 aliphatic rings. The molecule has 0 bridgehead atoms. The third-order valence-corrected chi connectivity index (χ3v) is 3.80. The summed E-state index contributed by atoms with van der Waals surface area (Å²) in [5.74, 6) is 5.80. The number of nitrogens with one attached hydrogen (secondary N) is 2. The first-order valence-electron chi connectivity index (χ1n) is 7.12. The van der Waals surface area contributed by atoms with Gasteiger partial charge in [-0.05, 0) is 12.8 Å². The van der Waals surface area contributed by atoms with Crippen LogP contribution in [-0.4, -0.2) is 27.2 Å². The average molecular weight is 295 g/mol. The molecule has 2 rings (SSSR count). The van der Waals surface area contributed by atoms with Crippen molar-refractivity contribution in [1.29, 1.82) is 0 Å². The van der Waals surface area contributed by atoms with E-state index < -0.39 is 10.5 Å². The van der Waals surface area contributed by atoms with Crippen LogP contribution in [0, 0.1) is 10.1 Å². The number of aromatic nitrogens is 1. The summed E-state index contributed by atoms with van der Waals surface area (Å²) < 4.78 is 0. The zero-order valence-corrected chi connectivity index (χ0v) is 11.8. The number of hydrogen-bond donors (Lipinski definition) is 4. The fourth-order valence-electron chi connectivity index (χ4n) is 2.60. The largest absolute Gasteiger partial charge is 0.388 e. The summed E-state index contributed by atoms with van der Waals surface area (Å²) in [5, 5.41) is 24.4. The Hall–Kier alpha value is -1.93. The second-order valence-corrected chi connectivity index (χ2v) is 5.49. The Labute approximate surface area is 122 Å². The number of hydrazine groups is 1. The van der Waals surface area contributed by atoms with Crippen LogP contribution in [0.3, 0.4) is 0 Å². The van der Waals surface area contributed by atoms with Crippen LogP contribution in [0.15, 0.2) is 12.1 Å². The molecular weight excluding hydrogens is 274 g/mol. The van der Waals surface area contributed by atoms with E-state index in [9.17, 15) is 15.2 Å². The fourth-order valence-corrected chi connectivity index (χ4v) is 2.60. The summed E-state index contributed by atoms with van der Waals surface area (Å²) in [7, 11) is 0. The molecule has 0 aliphatic heterocycles. The minimum absolute atomic E-state index is 0.103. The first kappa shape index (κ1) is 15.5. The van der Waals surface area contributed by atoms with Crippen LogP contribution < -0.4 is 16.6 Å². The number of nitrogens with zero attached hydrogens (tertiary/aromatic N) is 2. The summed E-state index contributed by atoms with van der Waals surface area (Å²) in [4.78, 5) is 14.5. The number of aliphatic hydroxyl groups is 1. The Morgan fingerprint density at radius 2 is 1.90 bits per heavy atom. The van der Waals surface area contributed by atoms with Crippen molar-refractivity contribution in [3.63, 3.8) is 0 Å². The lowest BCUT2D eigenvalue weighted by atomic mass is 9.94. The van der Waals surface area contributed by atoms with Gasteiger partial charge in [0.1, 0.15) is 11.6 Å². The molecule has 0 unspecified atom stereocenters. The predicted molar refractivity (Wildman–Crippen MR) is 79.8 cm³/mol. The molecule has 0 atom stereocenters. The van der Waals surface area contributed by atoms with Gasteiger partial charge in [0.15, 0.2) is 0 Å². The maximum absolute atomic E-state index is 10.9. The number of nitrogens with two attached hydrogens (primary N) is 1. The number of hydrogen-bond acceptors (Lipinski definition) is 7. The van der Waals surface area contributed by atoms with Gasteiger partial charge in [0.05, 0.1) is 22.7 Å². The minimum atomic E-state index is -0.779. The number of rotatable bonds is 5. The molecule has 0 saturated heterocycles. The van der Waals surface area contributed by atoms with Gasteiger partial charge in [0.2, 0.25) is 0 Å². The van der Waals surface area contributed by atoms with E-state index >= 15 is 0 Å². The van der Waals surface area contributed by atoms with E-state index in [1.807, 2.05) is 0 Å². The molecule has 116 valence electrons. The van der Waals surface area contributed by atoms with Crippen LogP contribution in [0.25, 0.3) is 0 Å². The summed E-state index contributed by atoms with van der Waals surface area (Å²) >= 11 is 0. The molecular formula is C13H21N5O3. The highest BCUT2D eigenvalue weighted by atomic mass is 16.6. The zero-order chi connectivity index (χ0) is 15.3. The molecule has 5 N–H and O–H groups in total. The summed E-state index contributed by atoms with van der Waals surface area (Å²) in [6, 6.07) is 2.59. The molecule has 1 aromatic rings. The number of pyridine rings is 1. The maximum Gasteiger partial charge on any atom is 0.276 e. The Morgan fingerprint density at radius 1 is 1.29 bits per heavy atom. The fraction of sp³-hybridized carbons (Fsp3) is 0.615. The van der Waals surface area contributed by atoms with E-state index in [4.69, 9.17) is 5.84 Å². The monoisotopic (exact) mass is 295 g/mol. The standard InChI is InChI=1S/C13H21N5O3/c14-17-12-8-10(18(20)21)7-11(16-12)15-9-13(19)5-3-1-2-4-6-13/h7-8,19H,1-6,9,14H2,(H2,15,16,17). The first-order chi connectivity index (χ1) is 10.0. The second kappa shape index (κ2) is 6.68. The smallest absolute Gasteiger partial charge is 0.276 e. The van der Waals surface area contributed by atoms with Crippen molar-refractivity contribution in [3.05, 3.63) is 22.2 Å². The van der Waals surface area contributed by atoms with Crippen molar-refractivity contribution in [1.82, 2.24) is 4.98 Å². The maximum atomic E-state index is 10.9. The Kier molecular flexibility index (Phi) is 4.92. The molecule has 8 heteroatoms. The number of nitro groups is 1. The predicted octanol–water partition coefficient (Wildman–Crippen LogP) is 1.77. The van der Waals surface area contributed by atoms with Gasteiger partial charge in [-0.1, -0.05) is 25.7 Å². The lowest BCUT2D eigenvalue weighted by molar-refractivity contribution is -0.384. The third kappa shape index (κ3) is 4.27. The van der Waals surface area contributed by atoms with Crippen LogP contribution in [0.1, 0.15) is 38.5 Å². The van der Waals surface area contributed by atoms with Gasteiger partial charge in [-0.25, -0.2) is 10.8 Å². The van der Waals surface area contributed by atoms with Gasteiger partial charge in [0.25, 0.3) is 5.69 Å². The molecule has 21 heavy (non-hydrogen) atoms. The molecule has 1 fully saturated rings. The minimum Gasteiger partial charge on any atom is -0.388 e. The topological polar surface area (TPSA) is 126 Å². The summed E-state index contributed by atoms with van der Waals surface area (Å²) in [6.07, 6.45) is 5.73. The third-order valence-electron chi connectivity index (χ3n) is 3.80. The SMILES string of the molecule is NNc1cc([N+](=O)[O-])cc(NCC2(O)CCCCCC2)n1. The van der Waals surface area contributed by atoms with Gasteiger partial charge in [-0.3, -0.25) is 10.1 Å². The highest BCUT2D eigenvalue weighted by Crippen LogP contribution is 2.28. The van der Waals surface area contributed by atoms with E-state index in [1.165, 1.54) is 12.1 Å². The lowest BCUT2D eigenvalue weighted by Crippen LogP contribution is -2.36. The van der Waals surface area contributed by atoms with Gasteiger partial charge in [0, 0.05) is 6.54 Å². The van der Waals surface area contributed by atoms with Gasteiger partial charge in [-0.15, -0.1) is 0 Å². The number of nitrogen functional groups attached to an aromatic ring is 1. The second-order valence-electron chi connectivity index (χ2n) is 5.49. The Balaban J connectivity index is 2.08. The molecule has 0 spiro atoms. The Bertz CT molecular complexity index is 501. The van der Waals surface area contributed by atoms with E-state index in [-0.39, 0.29) is 11.5 Å². The molecule has 1 aliphatic carbocycles. The van der Waals surface area contributed by atoms with Crippen molar-refractivity contribution in [2.45, 2.75) is 44.1 Å². The van der Waals surface area contributed by atoms with E-state index in [0.717, 1.165) is 38.5 Å². The van der Waals surface area contributed by atoms with Gasteiger partial charge >= 0.3 is 0 Å². The van der Waals surface area contributed by atoms with Crippen LogP contribution >= 0.6 is 0 Å². The van der Waals surface area contributed by atoms with E-state index in [1.54, 1.807) is 0 Å². The van der Waals surface area contributed by atoms with Gasteiger partial charge in [-0.2, -0.15) is 0 Å². The molecule has 1 heterocycles. The lowest BCUT2D eigenvalue weighted by Gasteiger charge is -2.27. The van der Waals surface area contributed by atoms with E-state index in [2.05, 4.69) is 15.7 Å². The molecule has 1 aromatic heterocycles. The molecule has 1 saturated carbocycles. The average Bonchev–Trinajstić information content (AvgIpc) is 2.70. The Morgan fingerprint density at radius 3 is 2.48 bits per heavy atom. The molecule has 0 radical (unpaired) electrons. The van der Waals surface area contributed by atoms with Crippen molar-refractivity contribution in [3.8, 4) is 0 Å². The highest BCUT2D eigenvalue weighted by Gasteiger charge is 2.28. The van der Waals surface area contributed by atoms with Crippen molar-refractivity contribution >= 4 is 17.3 Å². The first-order valence-corrected chi connectivity index (χ1v) is 7.12. The van der Waals surface area contributed by atoms with Crippen LogP contribution in [0.4, 0.5) is 17.3 Å². The quantitative estimate of drug-likeness (QED) is 0.282. The number of anilines is 2. The normalized spacial score (nSPS) is 17.8. The summed E-state index contributed by atoms with van der Waals surface area (Å²) in [6.45, 7) is 0.325.